The molecule has 0 spiro atoms. The van der Waals surface area contributed by atoms with Gasteiger partial charge in [0.2, 0.25) is 5.91 Å². The summed E-state index contributed by atoms with van der Waals surface area (Å²) < 4.78 is 15.6. The van der Waals surface area contributed by atoms with Crippen LogP contribution >= 0.6 is 0 Å². The van der Waals surface area contributed by atoms with Crippen molar-refractivity contribution < 1.29 is 23.8 Å². The summed E-state index contributed by atoms with van der Waals surface area (Å²) in [6.07, 6.45) is 0.521. The van der Waals surface area contributed by atoms with E-state index in [1.165, 1.54) is 7.11 Å². The third-order valence-corrected chi connectivity index (χ3v) is 4.02. The first-order valence-electron chi connectivity index (χ1n) is 7.87. The van der Waals surface area contributed by atoms with Gasteiger partial charge in [0.15, 0.2) is 0 Å². The first-order valence-corrected chi connectivity index (χ1v) is 7.87. The molecule has 1 amide bonds. The van der Waals surface area contributed by atoms with Gasteiger partial charge >= 0.3 is 5.97 Å². The van der Waals surface area contributed by atoms with Crippen LogP contribution in [0.2, 0.25) is 0 Å². The molecule has 2 atom stereocenters. The molecule has 0 aromatic carbocycles. The largest absolute Gasteiger partial charge is 0.469 e. The Balaban J connectivity index is 2.61. The normalized spacial score (nSPS) is 22.5. The van der Waals surface area contributed by atoms with Gasteiger partial charge in [-0.3, -0.25) is 9.59 Å². The molecule has 0 bridgehead atoms. The van der Waals surface area contributed by atoms with Crippen LogP contribution in [0.5, 0.6) is 0 Å². The van der Waals surface area contributed by atoms with Gasteiger partial charge in [-0.05, 0) is 20.3 Å². The van der Waals surface area contributed by atoms with Gasteiger partial charge in [-0.25, -0.2) is 0 Å². The second-order valence-corrected chi connectivity index (χ2v) is 6.39. The highest BCUT2D eigenvalue weighted by molar-refractivity contribution is 5.85. The second kappa shape index (κ2) is 8.48. The molecule has 1 heterocycles. The predicted molar refractivity (Wildman–Crippen MR) is 82.4 cm³/mol. The molecule has 128 valence electrons. The highest BCUT2D eigenvalue weighted by Crippen LogP contribution is 2.35. The minimum atomic E-state index is -0.559. The van der Waals surface area contributed by atoms with E-state index in [9.17, 15) is 9.59 Å². The van der Waals surface area contributed by atoms with Crippen LogP contribution in [0.25, 0.3) is 0 Å². The molecule has 22 heavy (non-hydrogen) atoms. The smallest absolute Gasteiger partial charge is 0.310 e. The third kappa shape index (κ3) is 4.95. The molecule has 0 radical (unpaired) electrons. The molecule has 6 heteroatoms. The number of rotatable bonds is 8. The van der Waals surface area contributed by atoms with Crippen LogP contribution in [0, 0.1) is 11.3 Å². The third-order valence-electron chi connectivity index (χ3n) is 4.02. The molecule has 1 saturated heterocycles. The lowest BCUT2D eigenvalue weighted by Gasteiger charge is -2.43. The molecule has 1 fully saturated rings. The maximum Gasteiger partial charge on any atom is 0.310 e. The number of carbonyl (C=O) groups excluding carboxylic acids is 2. The Labute approximate surface area is 133 Å². The Kier molecular flexibility index (Phi) is 7.29. The van der Waals surface area contributed by atoms with Gasteiger partial charge in [0.05, 0.1) is 38.9 Å². The number of amides is 1. The lowest BCUT2D eigenvalue weighted by Crippen LogP contribution is -2.55. The SMILES string of the molecule is CCOCCOCC(C)N1CC(C(=O)OC)CC(C)(C)C1=O. The molecular formula is C16H29NO5. The Morgan fingerprint density at radius 2 is 2.00 bits per heavy atom. The van der Waals surface area contributed by atoms with Gasteiger partial charge in [-0.15, -0.1) is 0 Å². The summed E-state index contributed by atoms with van der Waals surface area (Å²) in [7, 11) is 1.39. The van der Waals surface area contributed by atoms with Crippen molar-refractivity contribution in [1.82, 2.24) is 4.90 Å². The first kappa shape index (κ1) is 18.9. The predicted octanol–water partition coefficient (Wildman–Crippen LogP) is 1.48. The van der Waals surface area contributed by atoms with Gasteiger partial charge in [0, 0.05) is 18.6 Å². The Morgan fingerprint density at radius 1 is 1.36 bits per heavy atom. The number of hydrogen-bond acceptors (Lipinski definition) is 5. The highest BCUT2D eigenvalue weighted by atomic mass is 16.5. The van der Waals surface area contributed by atoms with Gasteiger partial charge in [0.1, 0.15) is 0 Å². The van der Waals surface area contributed by atoms with E-state index < -0.39 is 5.41 Å². The summed E-state index contributed by atoms with van der Waals surface area (Å²) >= 11 is 0. The van der Waals surface area contributed by atoms with Crippen LogP contribution in [-0.4, -0.2) is 62.9 Å². The average molecular weight is 315 g/mol. The molecular weight excluding hydrogens is 286 g/mol. The van der Waals surface area contributed by atoms with Gasteiger partial charge < -0.3 is 19.1 Å². The number of ether oxygens (including phenoxy) is 3. The highest BCUT2D eigenvalue weighted by Gasteiger charge is 2.44. The van der Waals surface area contributed by atoms with E-state index in [4.69, 9.17) is 14.2 Å². The van der Waals surface area contributed by atoms with Crippen molar-refractivity contribution in [3.8, 4) is 0 Å². The fourth-order valence-corrected chi connectivity index (χ4v) is 2.79. The minimum absolute atomic E-state index is 0.0635. The first-order chi connectivity index (χ1) is 10.3. The van der Waals surface area contributed by atoms with Crippen LogP contribution in [0.4, 0.5) is 0 Å². The van der Waals surface area contributed by atoms with Crippen molar-refractivity contribution >= 4 is 11.9 Å². The van der Waals surface area contributed by atoms with Crippen LogP contribution in [0.3, 0.4) is 0 Å². The van der Waals surface area contributed by atoms with Crippen LogP contribution in [0.15, 0.2) is 0 Å². The van der Waals surface area contributed by atoms with Gasteiger partial charge in [-0.2, -0.15) is 0 Å². The number of hydrogen-bond donors (Lipinski definition) is 0. The summed E-state index contributed by atoms with van der Waals surface area (Å²) in [5, 5.41) is 0. The summed E-state index contributed by atoms with van der Waals surface area (Å²) in [5.74, 6) is -0.466. The molecule has 1 aliphatic rings. The van der Waals surface area contributed by atoms with E-state index in [1.807, 2.05) is 27.7 Å². The van der Waals surface area contributed by atoms with E-state index in [2.05, 4.69) is 0 Å². The number of piperidine rings is 1. The van der Waals surface area contributed by atoms with Crippen molar-refractivity contribution in [2.24, 2.45) is 11.3 Å². The average Bonchev–Trinajstić information content (AvgIpc) is 2.48. The molecule has 6 nitrogen and oxygen atoms in total. The van der Waals surface area contributed by atoms with E-state index in [1.54, 1.807) is 4.90 Å². The summed E-state index contributed by atoms with van der Waals surface area (Å²) in [6.45, 7) is 10.2. The van der Waals surface area contributed by atoms with Crippen molar-refractivity contribution in [1.29, 1.82) is 0 Å². The minimum Gasteiger partial charge on any atom is -0.469 e. The number of carbonyl (C=O) groups is 2. The number of methoxy groups -OCH3 is 1. The van der Waals surface area contributed by atoms with Crippen LogP contribution in [0.1, 0.15) is 34.1 Å². The van der Waals surface area contributed by atoms with E-state index in [0.717, 1.165) is 0 Å². The van der Waals surface area contributed by atoms with Crippen molar-refractivity contribution in [3.63, 3.8) is 0 Å². The maximum absolute atomic E-state index is 12.6. The maximum atomic E-state index is 12.6. The van der Waals surface area contributed by atoms with Crippen LogP contribution < -0.4 is 0 Å². The van der Waals surface area contributed by atoms with E-state index >= 15 is 0 Å². The zero-order valence-electron chi connectivity index (χ0n) is 14.4. The second-order valence-electron chi connectivity index (χ2n) is 6.39. The van der Waals surface area contributed by atoms with Gasteiger partial charge in [-0.1, -0.05) is 13.8 Å². The van der Waals surface area contributed by atoms with E-state index in [0.29, 0.717) is 39.4 Å². The lowest BCUT2D eigenvalue weighted by molar-refractivity contribution is -0.160. The summed E-state index contributed by atoms with van der Waals surface area (Å²) in [5.41, 5.74) is -0.559. The Hall–Kier alpha value is -1.14. The quantitative estimate of drug-likeness (QED) is 0.501. The molecule has 0 saturated carbocycles. The number of esters is 1. The van der Waals surface area contributed by atoms with E-state index in [-0.39, 0.29) is 23.8 Å². The zero-order chi connectivity index (χ0) is 16.8. The van der Waals surface area contributed by atoms with Crippen molar-refractivity contribution in [2.45, 2.75) is 40.2 Å². The topological polar surface area (TPSA) is 65.1 Å². The fourth-order valence-electron chi connectivity index (χ4n) is 2.79. The number of nitrogens with zero attached hydrogens (tertiary/aromatic N) is 1. The lowest BCUT2D eigenvalue weighted by atomic mass is 9.77. The summed E-state index contributed by atoms with van der Waals surface area (Å²) in [6, 6.07) is -0.0825. The summed E-state index contributed by atoms with van der Waals surface area (Å²) in [4.78, 5) is 26.2. The molecule has 0 N–H and O–H groups in total. The standard InChI is InChI=1S/C16H29NO5/c1-6-21-7-8-22-11-12(2)17-10-13(14(18)20-5)9-16(3,4)15(17)19/h12-13H,6-11H2,1-5H3. The monoisotopic (exact) mass is 315 g/mol. The Morgan fingerprint density at radius 3 is 2.59 bits per heavy atom. The van der Waals surface area contributed by atoms with Crippen molar-refractivity contribution in [3.05, 3.63) is 0 Å². The fraction of sp³-hybridized carbons (Fsp3) is 0.875. The molecule has 0 aliphatic carbocycles. The Bertz CT molecular complexity index is 383. The van der Waals surface area contributed by atoms with Gasteiger partial charge in [0.25, 0.3) is 0 Å². The zero-order valence-corrected chi connectivity index (χ0v) is 14.4. The molecule has 0 aromatic heterocycles. The molecule has 1 rings (SSSR count). The number of likely N-dealkylation sites (tertiary alicyclic amines) is 1. The molecule has 0 aromatic rings. The van der Waals surface area contributed by atoms with Crippen LogP contribution in [-0.2, 0) is 23.8 Å². The van der Waals surface area contributed by atoms with Crippen molar-refractivity contribution in [2.75, 3.05) is 40.1 Å². The molecule has 2 unspecified atom stereocenters. The molecule has 1 aliphatic heterocycles.